The Morgan fingerprint density at radius 3 is 1.93 bits per heavy atom. The molecule has 30 heavy (non-hydrogen) atoms. The summed E-state index contributed by atoms with van der Waals surface area (Å²) in [5.74, 6) is -0.106. The number of carbonyl (C=O) groups excluding carboxylic acids is 1. The summed E-state index contributed by atoms with van der Waals surface area (Å²) in [4.78, 5) is 17.7. The fourth-order valence-corrected chi connectivity index (χ4v) is 3.67. The van der Waals surface area contributed by atoms with Crippen molar-refractivity contribution in [3.8, 4) is 0 Å². The van der Waals surface area contributed by atoms with Gasteiger partial charge in [-0.2, -0.15) is 0 Å². The lowest BCUT2D eigenvalue weighted by Gasteiger charge is -2.30. The topological polar surface area (TPSA) is 32.8 Å². The Bertz CT molecular complexity index is 741. The fourth-order valence-electron chi connectivity index (χ4n) is 3.67. The van der Waals surface area contributed by atoms with Crippen LogP contribution in [0.5, 0.6) is 0 Å². The number of esters is 1. The van der Waals surface area contributed by atoms with E-state index >= 15 is 0 Å². The van der Waals surface area contributed by atoms with Crippen LogP contribution in [0, 0.1) is 0 Å². The van der Waals surface area contributed by atoms with Crippen LogP contribution < -0.4 is 0 Å². The molecule has 0 N–H and O–H groups in total. The maximum absolute atomic E-state index is 12.9. The first-order valence-corrected chi connectivity index (χ1v) is 11.2. The minimum Gasteiger partial charge on any atom is -0.459 e. The van der Waals surface area contributed by atoms with Crippen LogP contribution in [0.1, 0.15) is 52.2 Å². The van der Waals surface area contributed by atoms with Crippen molar-refractivity contribution in [2.75, 3.05) is 19.6 Å². The first kappa shape index (κ1) is 24.1. The van der Waals surface area contributed by atoms with Gasteiger partial charge in [0.05, 0.1) is 0 Å². The summed E-state index contributed by atoms with van der Waals surface area (Å²) in [6.45, 7) is 14.2. The van der Waals surface area contributed by atoms with E-state index in [1.165, 1.54) is 11.1 Å². The molecule has 0 amide bonds. The third kappa shape index (κ3) is 7.92. The average Bonchev–Trinajstić information content (AvgIpc) is 2.92. The van der Waals surface area contributed by atoms with Crippen molar-refractivity contribution in [1.29, 1.82) is 0 Å². The van der Waals surface area contributed by atoms with E-state index in [-0.39, 0.29) is 12.0 Å². The molecule has 1 unspecified atom stereocenters. The standard InChI is InChI=1S/C24H32N2O2.C2H6/c1-24(2,3)28-23(27)22-14-15-25(18-20-10-6-4-7-11-20)16-17-26(22)19-21-12-8-5-9-13-21;1-2/h4-13,22H,14-19H2,1-3H3;1-2H3. The van der Waals surface area contributed by atoms with E-state index in [9.17, 15) is 4.79 Å². The summed E-state index contributed by atoms with van der Waals surface area (Å²) in [6.07, 6.45) is 0.786. The molecule has 4 nitrogen and oxygen atoms in total. The highest BCUT2D eigenvalue weighted by atomic mass is 16.6. The van der Waals surface area contributed by atoms with Crippen molar-refractivity contribution in [2.24, 2.45) is 0 Å². The van der Waals surface area contributed by atoms with Crippen LogP contribution in [0.2, 0.25) is 0 Å². The Labute approximate surface area is 182 Å². The lowest BCUT2D eigenvalue weighted by atomic mass is 10.1. The van der Waals surface area contributed by atoms with Crippen molar-refractivity contribution >= 4 is 5.97 Å². The van der Waals surface area contributed by atoms with Crippen molar-refractivity contribution in [2.45, 2.75) is 65.8 Å². The van der Waals surface area contributed by atoms with E-state index in [2.05, 4.69) is 58.3 Å². The fraction of sp³-hybridized carbons (Fsp3) is 0.500. The van der Waals surface area contributed by atoms with Gasteiger partial charge in [-0.15, -0.1) is 0 Å². The molecule has 2 aromatic rings. The molecule has 0 aromatic heterocycles. The number of benzene rings is 2. The Hall–Kier alpha value is -2.17. The van der Waals surface area contributed by atoms with Gasteiger partial charge in [-0.25, -0.2) is 0 Å². The molecule has 2 aromatic carbocycles. The molecule has 0 saturated carbocycles. The Kier molecular flexibility index (Phi) is 9.54. The van der Waals surface area contributed by atoms with Crippen LogP contribution in [0.3, 0.4) is 0 Å². The second kappa shape index (κ2) is 11.9. The quantitative estimate of drug-likeness (QED) is 0.640. The van der Waals surface area contributed by atoms with Gasteiger partial charge in [-0.05, 0) is 38.3 Å². The summed E-state index contributed by atoms with van der Waals surface area (Å²) in [5, 5.41) is 0. The predicted molar refractivity (Wildman–Crippen MR) is 124 cm³/mol. The molecule has 0 bridgehead atoms. The summed E-state index contributed by atoms with van der Waals surface area (Å²) >= 11 is 0. The highest BCUT2D eigenvalue weighted by molar-refractivity contribution is 5.76. The largest absolute Gasteiger partial charge is 0.459 e. The zero-order valence-electron chi connectivity index (χ0n) is 19.3. The van der Waals surface area contributed by atoms with Crippen LogP contribution in [-0.2, 0) is 22.6 Å². The molecular weight excluding hydrogens is 372 g/mol. The van der Waals surface area contributed by atoms with Gasteiger partial charge in [0, 0.05) is 32.7 Å². The number of hydrogen-bond donors (Lipinski definition) is 0. The average molecular weight is 411 g/mol. The molecule has 0 spiro atoms. The third-order valence-electron chi connectivity index (χ3n) is 5.02. The number of rotatable bonds is 5. The van der Waals surface area contributed by atoms with Gasteiger partial charge in [-0.3, -0.25) is 14.6 Å². The smallest absolute Gasteiger partial charge is 0.323 e. The Morgan fingerprint density at radius 1 is 0.867 bits per heavy atom. The van der Waals surface area contributed by atoms with E-state index in [1.807, 2.05) is 46.8 Å². The molecule has 164 valence electrons. The maximum atomic E-state index is 12.9. The van der Waals surface area contributed by atoms with Crippen molar-refractivity contribution in [3.63, 3.8) is 0 Å². The summed E-state index contributed by atoms with van der Waals surface area (Å²) in [6, 6.07) is 20.7. The van der Waals surface area contributed by atoms with Crippen molar-refractivity contribution in [1.82, 2.24) is 9.80 Å². The maximum Gasteiger partial charge on any atom is 0.323 e. The van der Waals surface area contributed by atoms with Crippen LogP contribution in [0.15, 0.2) is 60.7 Å². The van der Waals surface area contributed by atoms with E-state index in [0.29, 0.717) is 0 Å². The monoisotopic (exact) mass is 410 g/mol. The van der Waals surface area contributed by atoms with Crippen LogP contribution in [-0.4, -0.2) is 47.0 Å². The molecule has 3 rings (SSSR count). The van der Waals surface area contributed by atoms with Gasteiger partial charge in [0.25, 0.3) is 0 Å². The first-order chi connectivity index (χ1) is 14.4. The minimum atomic E-state index is -0.467. The van der Waals surface area contributed by atoms with Crippen LogP contribution >= 0.6 is 0 Å². The highest BCUT2D eigenvalue weighted by Gasteiger charge is 2.33. The molecule has 1 heterocycles. The zero-order chi connectivity index (χ0) is 22.0. The molecule has 0 radical (unpaired) electrons. The molecule has 1 fully saturated rings. The van der Waals surface area contributed by atoms with Crippen molar-refractivity contribution < 1.29 is 9.53 Å². The summed E-state index contributed by atoms with van der Waals surface area (Å²) < 4.78 is 5.76. The van der Waals surface area contributed by atoms with Gasteiger partial charge in [0.15, 0.2) is 0 Å². The molecule has 1 aliphatic heterocycles. The SMILES string of the molecule is CC.CC(C)(C)OC(=O)C1CCN(Cc2ccccc2)CCN1Cc1ccccc1. The summed E-state index contributed by atoms with van der Waals surface area (Å²) in [7, 11) is 0. The predicted octanol–water partition coefficient (Wildman–Crippen LogP) is 5.13. The van der Waals surface area contributed by atoms with Crippen molar-refractivity contribution in [3.05, 3.63) is 71.8 Å². The Morgan fingerprint density at radius 2 is 1.40 bits per heavy atom. The van der Waals surface area contributed by atoms with E-state index in [0.717, 1.165) is 39.1 Å². The zero-order valence-corrected chi connectivity index (χ0v) is 19.3. The van der Waals surface area contributed by atoms with E-state index in [1.54, 1.807) is 0 Å². The normalized spacial score (nSPS) is 18.1. The van der Waals surface area contributed by atoms with Gasteiger partial charge < -0.3 is 4.74 Å². The number of carbonyl (C=O) groups is 1. The highest BCUT2D eigenvalue weighted by Crippen LogP contribution is 2.20. The van der Waals surface area contributed by atoms with Crippen LogP contribution in [0.4, 0.5) is 0 Å². The molecule has 1 aliphatic rings. The number of nitrogens with zero attached hydrogens (tertiary/aromatic N) is 2. The van der Waals surface area contributed by atoms with Gasteiger partial charge in [0.2, 0.25) is 0 Å². The second-order valence-electron chi connectivity index (χ2n) is 8.56. The van der Waals surface area contributed by atoms with Gasteiger partial charge in [0.1, 0.15) is 11.6 Å². The van der Waals surface area contributed by atoms with E-state index < -0.39 is 5.60 Å². The lowest BCUT2D eigenvalue weighted by Crippen LogP contribution is -2.44. The number of ether oxygens (including phenoxy) is 1. The lowest BCUT2D eigenvalue weighted by molar-refractivity contribution is -0.161. The first-order valence-electron chi connectivity index (χ1n) is 11.2. The molecule has 0 aliphatic carbocycles. The molecular formula is C26H38N2O2. The molecule has 4 heteroatoms. The van der Waals surface area contributed by atoms with Gasteiger partial charge >= 0.3 is 5.97 Å². The summed E-state index contributed by atoms with van der Waals surface area (Å²) in [5.41, 5.74) is 2.08. The molecule has 1 saturated heterocycles. The third-order valence-corrected chi connectivity index (χ3v) is 5.02. The minimum absolute atomic E-state index is 0.106. The molecule has 1 atom stereocenters. The number of hydrogen-bond acceptors (Lipinski definition) is 4. The van der Waals surface area contributed by atoms with Crippen LogP contribution in [0.25, 0.3) is 0 Å². The van der Waals surface area contributed by atoms with E-state index in [4.69, 9.17) is 4.74 Å². The van der Waals surface area contributed by atoms with Gasteiger partial charge in [-0.1, -0.05) is 74.5 Å². The Balaban J connectivity index is 0.00000155. The second-order valence-corrected chi connectivity index (χ2v) is 8.56.